The number of hydrogen-bond donors (Lipinski definition) is 1. The molecular formula is C13H12FN5O2S. The van der Waals surface area contributed by atoms with Crippen LogP contribution in [0, 0.1) is 5.82 Å². The number of hydrogen-bond acceptors (Lipinski definition) is 5. The summed E-state index contributed by atoms with van der Waals surface area (Å²) in [6.07, 6.45) is 2.01. The second-order valence-corrected chi connectivity index (χ2v) is 5.52. The van der Waals surface area contributed by atoms with Gasteiger partial charge in [-0.25, -0.2) is 19.2 Å². The highest BCUT2D eigenvalue weighted by Crippen LogP contribution is 2.17. The molecule has 0 saturated carbocycles. The molecule has 0 spiro atoms. The number of carbonyl (C=O) groups is 2. The van der Waals surface area contributed by atoms with Crippen LogP contribution in [0.15, 0.2) is 29.9 Å². The van der Waals surface area contributed by atoms with Gasteiger partial charge in [-0.1, -0.05) is 0 Å². The Morgan fingerprint density at radius 3 is 2.73 bits per heavy atom. The summed E-state index contributed by atoms with van der Waals surface area (Å²) in [7, 11) is 0. The first kappa shape index (κ1) is 14.4. The number of nitrogens with one attached hydrogen (secondary N) is 1. The summed E-state index contributed by atoms with van der Waals surface area (Å²) in [5.41, 5.74) is 0. The predicted octanol–water partition coefficient (Wildman–Crippen LogP) is 1.56. The number of aromatic nitrogens is 2. The lowest BCUT2D eigenvalue weighted by molar-refractivity contribution is -0.120. The monoisotopic (exact) mass is 321 g/mol. The Bertz CT molecular complexity index is 676. The van der Waals surface area contributed by atoms with E-state index < -0.39 is 5.82 Å². The molecule has 0 radical (unpaired) electrons. The zero-order valence-electron chi connectivity index (χ0n) is 11.4. The van der Waals surface area contributed by atoms with Crippen molar-refractivity contribution in [1.82, 2.24) is 14.9 Å². The van der Waals surface area contributed by atoms with Crippen molar-refractivity contribution in [3.8, 4) is 0 Å². The van der Waals surface area contributed by atoms with Crippen LogP contribution in [-0.4, -0.2) is 46.4 Å². The van der Waals surface area contributed by atoms with Crippen LogP contribution in [0.2, 0.25) is 0 Å². The fraction of sp³-hybridized carbons (Fsp3) is 0.231. The van der Waals surface area contributed by atoms with Gasteiger partial charge in [0.1, 0.15) is 6.54 Å². The molecule has 1 N–H and O–H groups in total. The number of rotatable bonds is 2. The number of carbonyl (C=O) groups excluding carboxylic acids is 2. The maximum absolute atomic E-state index is 12.8. The van der Waals surface area contributed by atoms with Crippen molar-refractivity contribution in [2.45, 2.75) is 0 Å². The Balaban J connectivity index is 1.63. The maximum Gasteiger partial charge on any atom is 0.322 e. The molecule has 3 rings (SSSR count). The predicted molar refractivity (Wildman–Crippen MR) is 79.3 cm³/mol. The van der Waals surface area contributed by atoms with Gasteiger partial charge in [0.2, 0.25) is 11.9 Å². The second-order valence-electron chi connectivity index (χ2n) is 4.58. The summed E-state index contributed by atoms with van der Waals surface area (Å²) >= 11 is 1.41. The summed E-state index contributed by atoms with van der Waals surface area (Å²) < 4.78 is 12.8. The van der Waals surface area contributed by atoms with Gasteiger partial charge in [0.05, 0.1) is 17.4 Å². The highest BCUT2D eigenvalue weighted by molar-refractivity contribution is 7.14. The number of urea groups is 1. The third-order valence-corrected chi connectivity index (χ3v) is 3.89. The number of thiophene rings is 1. The van der Waals surface area contributed by atoms with Gasteiger partial charge in [-0.15, -0.1) is 11.3 Å². The molecule has 2 aromatic heterocycles. The molecule has 22 heavy (non-hydrogen) atoms. The lowest BCUT2D eigenvalue weighted by atomic mass is 10.3. The van der Waals surface area contributed by atoms with E-state index in [4.69, 9.17) is 0 Å². The van der Waals surface area contributed by atoms with E-state index in [9.17, 15) is 14.0 Å². The molecule has 0 aliphatic carbocycles. The normalized spacial score (nSPS) is 15.0. The molecule has 7 nitrogen and oxygen atoms in total. The Labute approximate surface area is 129 Å². The van der Waals surface area contributed by atoms with Crippen LogP contribution in [0.5, 0.6) is 0 Å². The van der Waals surface area contributed by atoms with E-state index in [1.807, 2.05) is 11.4 Å². The quantitative estimate of drug-likeness (QED) is 0.910. The van der Waals surface area contributed by atoms with Crippen LogP contribution in [0.4, 0.5) is 20.1 Å². The van der Waals surface area contributed by atoms with E-state index in [1.54, 1.807) is 6.07 Å². The van der Waals surface area contributed by atoms with Crippen molar-refractivity contribution in [1.29, 1.82) is 0 Å². The van der Waals surface area contributed by atoms with Crippen LogP contribution in [-0.2, 0) is 4.79 Å². The van der Waals surface area contributed by atoms with E-state index in [2.05, 4.69) is 15.3 Å². The summed E-state index contributed by atoms with van der Waals surface area (Å²) in [4.78, 5) is 34.5. The van der Waals surface area contributed by atoms with E-state index in [0.29, 0.717) is 6.54 Å². The minimum Gasteiger partial charge on any atom is -0.313 e. The molecule has 9 heteroatoms. The molecule has 0 aromatic carbocycles. The topological polar surface area (TPSA) is 78.4 Å². The van der Waals surface area contributed by atoms with E-state index in [-0.39, 0.29) is 31.0 Å². The number of piperazine rings is 1. The average Bonchev–Trinajstić information content (AvgIpc) is 3.01. The number of anilines is 2. The number of halogens is 1. The molecule has 114 valence electrons. The first-order valence-electron chi connectivity index (χ1n) is 6.51. The van der Waals surface area contributed by atoms with Gasteiger partial charge < -0.3 is 4.90 Å². The van der Waals surface area contributed by atoms with Crippen LogP contribution in [0.3, 0.4) is 0 Å². The fourth-order valence-corrected chi connectivity index (χ4v) is 2.64. The lowest BCUT2D eigenvalue weighted by Crippen LogP contribution is -2.53. The van der Waals surface area contributed by atoms with Crippen LogP contribution in [0.1, 0.15) is 0 Å². The van der Waals surface area contributed by atoms with Gasteiger partial charge in [-0.05, 0) is 17.5 Å². The Kier molecular flexibility index (Phi) is 3.96. The van der Waals surface area contributed by atoms with Crippen molar-refractivity contribution < 1.29 is 14.0 Å². The van der Waals surface area contributed by atoms with Crippen molar-refractivity contribution in [2.75, 3.05) is 29.9 Å². The highest BCUT2D eigenvalue weighted by atomic mass is 32.1. The smallest absolute Gasteiger partial charge is 0.313 e. The van der Waals surface area contributed by atoms with Gasteiger partial charge in [-0.2, -0.15) is 0 Å². The lowest BCUT2D eigenvalue weighted by Gasteiger charge is -2.32. The van der Waals surface area contributed by atoms with Crippen LogP contribution < -0.4 is 10.2 Å². The number of nitrogens with zero attached hydrogens (tertiary/aromatic N) is 4. The van der Waals surface area contributed by atoms with Crippen molar-refractivity contribution in [3.05, 3.63) is 35.7 Å². The maximum atomic E-state index is 12.8. The van der Waals surface area contributed by atoms with Crippen molar-refractivity contribution >= 4 is 34.2 Å². The molecule has 1 aliphatic rings. The van der Waals surface area contributed by atoms with E-state index in [0.717, 1.165) is 17.4 Å². The van der Waals surface area contributed by atoms with Crippen LogP contribution in [0.25, 0.3) is 0 Å². The Hall–Kier alpha value is -2.55. The van der Waals surface area contributed by atoms with Crippen molar-refractivity contribution in [3.63, 3.8) is 0 Å². The third-order valence-electron chi connectivity index (χ3n) is 3.11. The Morgan fingerprint density at radius 2 is 2.09 bits per heavy atom. The van der Waals surface area contributed by atoms with Gasteiger partial charge in [0.25, 0.3) is 0 Å². The minimum absolute atomic E-state index is 0.0715. The van der Waals surface area contributed by atoms with E-state index in [1.165, 1.54) is 21.1 Å². The molecule has 1 saturated heterocycles. The fourth-order valence-electron chi connectivity index (χ4n) is 2.04. The second kappa shape index (κ2) is 6.06. The number of amides is 3. The molecule has 1 fully saturated rings. The van der Waals surface area contributed by atoms with Gasteiger partial charge in [0, 0.05) is 13.1 Å². The third kappa shape index (κ3) is 3.03. The Morgan fingerprint density at radius 1 is 1.32 bits per heavy atom. The van der Waals surface area contributed by atoms with E-state index >= 15 is 0 Å². The minimum atomic E-state index is -0.565. The molecule has 3 heterocycles. The summed E-state index contributed by atoms with van der Waals surface area (Å²) in [5, 5.41) is 5.30. The molecule has 0 unspecified atom stereocenters. The summed E-state index contributed by atoms with van der Waals surface area (Å²) in [6, 6.07) is 3.29. The summed E-state index contributed by atoms with van der Waals surface area (Å²) in [5.74, 6) is -0.728. The SMILES string of the molecule is O=C(Nc1cccs1)N1CCN(c2ncc(F)cn2)C(=O)C1. The largest absolute Gasteiger partial charge is 0.322 e. The highest BCUT2D eigenvalue weighted by Gasteiger charge is 2.29. The average molecular weight is 321 g/mol. The first-order chi connectivity index (χ1) is 10.6. The molecular weight excluding hydrogens is 309 g/mol. The van der Waals surface area contributed by atoms with Gasteiger partial charge >= 0.3 is 6.03 Å². The molecule has 0 atom stereocenters. The van der Waals surface area contributed by atoms with Gasteiger partial charge in [-0.3, -0.25) is 15.0 Å². The standard InChI is InChI=1S/C13H12FN5O2S/c14-9-6-15-12(16-7-9)19-4-3-18(8-11(19)20)13(21)17-10-2-1-5-22-10/h1-2,5-7H,3-4,8H2,(H,17,21). The molecule has 2 aromatic rings. The molecule has 3 amide bonds. The molecule has 1 aliphatic heterocycles. The van der Waals surface area contributed by atoms with Crippen LogP contribution >= 0.6 is 11.3 Å². The molecule has 0 bridgehead atoms. The zero-order valence-corrected chi connectivity index (χ0v) is 12.2. The van der Waals surface area contributed by atoms with Crippen molar-refractivity contribution in [2.24, 2.45) is 0 Å². The van der Waals surface area contributed by atoms with Gasteiger partial charge in [0.15, 0.2) is 5.82 Å². The first-order valence-corrected chi connectivity index (χ1v) is 7.39. The summed E-state index contributed by atoms with van der Waals surface area (Å²) in [6.45, 7) is 0.546. The zero-order chi connectivity index (χ0) is 15.5.